The number of rotatable bonds is 5. The van der Waals surface area contributed by atoms with E-state index >= 15 is 0 Å². The zero-order valence-electron chi connectivity index (χ0n) is 9.86. The zero-order valence-corrected chi connectivity index (χ0v) is 9.86. The molecule has 6 heteroatoms. The second-order valence-electron chi connectivity index (χ2n) is 3.78. The minimum Gasteiger partial charge on any atom is -0.383 e. The number of aromatic amines is 1. The van der Waals surface area contributed by atoms with Gasteiger partial charge in [0.2, 0.25) is 0 Å². The van der Waals surface area contributed by atoms with Crippen molar-refractivity contribution >= 4 is 11.7 Å². The molecule has 1 amide bonds. The summed E-state index contributed by atoms with van der Waals surface area (Å²) in [5.41, 5.74) is 6.02. The van der Waals surface area contributed by atoms with Crippen molar-refractivity contribution in [3.63, 3.8) is 0 Å². The van der Waals surface area contributed by atoms with Gasteiger partial charge in [-0.15, -0.1) is 0 Å². The number of H-pyrrole nitrogens is 1. The summed E-state index contributed by atoms with van der Waals surface area (Å²) in [6, 6.07) is 0.0944. The Morgan fingerprint density at radius 3 is 2.81 bits per heavy atom. The van der Waals surface area contributed by atoms with Gasteiger partial charge in [0.25, 0.3) is 5.91 Å². The number of nitrogens with one attached hydrogen (secondary N) is 1. The summed E-state index contributed by atoms with van der Waals surface area (Å²) in [4.78, 5) is 13.8. The Balaban J connectivity index is 2.79. The van der Waals surface area contributed by atoms with E-state index < -0.39 is 0 Å². The molecule has 0 saturated heterocycles. The van der Waals surface area contributed by atoms with Crippen LogP contribution < -0.4 is 5.73 Å². The number of amides is 1. The third kappa shape index (κ3) is 2.73. The largest absolute Gasteiger partial charge is 0.383 e. The molecule has 90 valence electrons. The summed E-state index contributed by atoms with van der Waals surface area (Å²) in [6.45, 7) is 4.94. The lowest BCUT2D eigenvalue weighted by atomic mass is 10.2. The molecule has 0 aromatic carbocycles. The van der Waals surface area contributed by atoms with Gasteiger partial charge >= 0.3 is 0 Å². The van der Waals surface area contributed by atoms with Gasteiger partial charge in [0.05, 0.1) is 12.8 Å². The molecule has 1 rings (SSSR count). The first kappa shape index (κ1) is 12.5. The highest BCUT2D eigenvalue weighted by molar-refractivity contribution is 5.98. The van der Waals surface area contributed by atoms with Crippen LogP contribution in [-0.4, -0.2) is 47.3 Å². The molecule has 3 N–H and O–H groups in total. The predicted octanol–water partition coefficient (Wildman–Crippen LogP) is 0.489. The lowest BCUT2D eigenvalue weighted by Gasteiger charge is -2.26. The minimum atomic E-state index is -0.127. The number of anilines is 1. The Hall–Kier alpha value is -1.56. The molecule has 0 atom stereocenters. The van der Waals surface area contributed by atoms with Crippen molar-refractivity contribution in [2.24, 2.45) is 0 Å². The fraction of sp³-hybridized carbons (Fsp3) is 0.600. The first-order valence-electron chi connectivity index (χ1n) is 5.16. The Labute approximate surface area is 94.8 Å². The lowest BCUT2D eigenvalue weighted by Crippen LogP contribution is -2.39. The number of hydrogen-bond acceptors (Lipinski definition) is 4. The van der Waals surface area contributed by atoms with E-state index in [0.29, 0.717) is 24.5 Å². The van der Waals surface area contributed by atoms with E-state index in [9.17, 15) is 4.79 Å². The van der Waals surface area contributed by atoms with Gasteiger partial charge in [-0.25, -0.2) is 0 Å². The highest BCUT2D eigenvalue weighted by atomic mass is 16.5. The molecule has 0 aliphatic rings. The molecule has 1 aromatic rings. The minimum absolute atomic E-state index is 0.0944. The van der Waals surface area contributed by atoms with Crippen molar-refractivity contribution in [3.05, 3.63) is 11.8 Å². The van der Waals surface area contributed by atoms with Crippen LogP contribution in [0.5, 0.6) is 0 Å². The van der Waals surface area contributed by atoms with E-state index in [4.69, 9.17) is 10.5 Å². The topological polar surface area (TPSA) is 84.2 Å². The summed E-state index contributed by atoms with van der Waals surface area (Å²) < 4.78 is 4.97. The van der Waals surface area contributed by atoms with Crippen molar-refractivity contribution in [2.75, 3.05) is 26.0 Å². The van der Waals surface area contributed by atoms with E-state index in [1.54, 1.807) is 12.0 Å². The Bertz CT molecular complexity index is 348. The van der Waals surface area contributed by atoms with Crippen LogP contribution in [0.1, 0.15) is 24.2 Å². The van der Waals surface area contributed by atoms with Gasteiger partial charge in [0.1, 0.15) is 11.4 Å². The number of nitrogens with two attached hydrogens (primary N) is 1. The molecule has 0 saturated carbocycles. The summed E-state index contributed by atoms with van der Waals surface area (Å²) in [5.74, 6) is 0.173. The number of ether oxygens (including phenoxy) is 1. The van der Waals surface area contributed by atoms with Crippen LogP contribution in [0.25, 0.3) is 0 Å². The number of carbonyl (C=O) groups is 1. The number of carbonyl (C=O) groups excluding carboxylic acids is 1. The second kappa shape index (κ2) is 5.50. The molecule has 1 heterocycles. The van der Waals surface area contributed by atoms with Crippen LogP contribution in [0.3, 0.4) is 0 Å². The van der Waals surface area contributed by atoms with E-state index in [1.807, 2.05) is 13.8 Å². The fourth-order valence-corrected chi connectivity index (χ4v) is 1.41. The van der Waals surface area contributed by atoms with Gasteiger partial charge < -0.3 is 15.4 Å². The molecule has 0 bridgehead atoms. The molecule has 0 aliphatic carbocycles. The van der Waals surface area contributed by atoms with Crippen LogP contribution in [0.15, 0.2) is 6.20 Å². The number of nitrogen functional groups attached to an aromatic ring is 1. The van der Waals surface area contributed by atoms with Crippen molar-refractivity contribution < 1.29 is 9.53 Å². The Morgan fingerprint density at radius 2 is 2.38 bits per heavy atom. The van der Waals surface area contributed by atoms with Gasteiger partial charge in [-0.1, -0.05) is 0 Å². The monoisotopic (exact) mass is 226 g/mol. The maximum atomic E-state index is 12.1. The number of hydrogen-bond donors (Lipinski definition) is 2. The highest BCUT2D eigenvalue weighted by Gasteiger charge is 2.21. The molecule has 0 unspecified atom stereocenters. The van der Waals surface area contributed by atoms with E-state index in [2.05, 4.69) is 10.2 Å². The molecule has 6 nitrogen and oxygen atoms in total. The average molecular weight is 226 g/mol. The molecule has 0 radical (unpaired) electrons. The number of methoxy groups -OCH3 is 1. The zero-order chi connectivity index (χ0) is 12.1. The van der Waals surface area contributed by atoms with Crippen LogP contribution in [0, 0.1) is 0 Å². The fourth-order valence-electron chi connectivity index (χ4n) is 1.41. The van der Waals surface area contributed by atoms with Crippen LogP contribution in [-0.2, 0) is 4.74 Å². The summed E-state index contributed by atoms with van der Waals surface area (Å²) in [5, 5.41) is 6.28. The normalized spacial score (nSPS) is 10.8. The third-order valence-electron chi connectivity index (χ3n) is 2.32. The number of nitrogens with zero attached hydrogens (tertiary/aromatic N) is 2. The summed E-state index contributed by atoms with van der Waals surface area (Å²) >= 11 is 0. The van der Waals surface area contributed by atoms with Gasteiger partial charge in [0, 0.05) is 19.7 Å². The third-order valence-corrected chi connectivity index (χ3v) is 2.32. The SMILES string of the molecule is COCCN(C(=O)c1cn[nH]c1N)C(C)C. The van der Waals surface area contributed by atoms with Crippen molar-refractivity contribution in [3.8, 4) is 0 Å². The maximum absolute atomic E-state index is 12.1. The molecule has 16 heavy (non-hydrogen) atoms. The van der Waals surface area contributed by atoms with Crippen molar-refractivity contribution in [2.45, 2.75) is 19.9 Å². The average Bonchev–Trinajstić information content (AvgIpc) is 2.64. The Kier molecular flexibility index (Phi) is 4.30. The van der Waals surface area contributed by atoms with Gasteiger partial charge in [-0.05, 0) is 13.8 Å². The van der Waals surface area contributed by atoms with Crippen molar-refractivity contribution in [1.82, 2.24) is 15.1 Å². The molecular formula is C10H18N4O2. The molecule has 0 spiro atoms. The van der Waals surface area contributed by atoms with E-state index in [0.717, 1.165) is 0 Å². The van der Waals surface area contributed by atoms with E-state index in [1.165, 1.54) is 6.20 Å². The molecule has 1 aromatic heterocycles. The molecule has 0 fully saturated rings. The van der Waals surface area contributed by atoms with Gasteiger partial charge in [-0.3, -0.25) is 9.89 Å². The quantitative estimate of drug-likeness (QED) is 0.765. The van der Waals surface area contributed by atoms with Crippen molar-refractivity contribution in [1.29, 1.82) is 0 Å². The first-order valence-corrected chi connectivity index (χ1v) is 5.16. The van der Waals surface area contributed by atoms with Crippen LogP contribution >= 0.6 is 0 Å². The van der Waals surface area contributed by atoms with E-state index in [-0.39, 0.29) is 11.9 Å². The first-order chi connectivity index (χ1) is 7.57. The smallest absolute Gasteiger partial charge is 0.259 e. The van der Waals surface area contributed by atoms with Crippen LogP contribution in [0.4, 0.5) is 5.82 Å². The summed E-state index contributed by atoms with van der Waals surface area (Å²) in [7, 11) is 1.61. The maximum Gasteiger partial charge on any atom is 0.259 e. The van der Waals surface area contributed by atoms with Gasteiger partial charge in [0.15, 0.2) is 0 Å². The Morgan fingerprint density at radius 1 is 1.69 bits per heavy atom. The standard InChI is InChI=1S/C10H18N4O2/c1-7(2)14(4-5-16-3)10(15)8-6-12-13-9(8)11/h6-7H,4-5H2,1-3H3,(H3,11,12,13). The number of aromatic nitrogens is 2. The molecular weight excluding hydrogens is 208 g/mol. The second-order valence-corrected chi connectivity index (χ2v) is 3.78. The van der Waals surface area contributed by atoms with Gasteiger partial charge in [-0.2, -0.15) is 5.10 Å². The predicted molar refractivity (Wildman–Crippen MR) is 61.0 cm³/mol. The van der Waals surface area contributed by atoms with Crippen LogP contribution in [0.2, 0.25) is 0 Å². The summed E-state index contributed by atoms with van der Waals surface area (Å²) in [6.07, 6.45) is 1.44. The lowest BCUT2D eigenvalue weighted by molar-refractivity contribution is 0.0636. The molecule has 0 aliphatic heterocycles. The highest BCUT2D eigenvalue weighted by Crippen LogP contribution is 2.12.